The SMILES string of the molecule is CN1CCC(Nc2ccc(C#N)cc2Cl)C1. The van der Waals surface area contributed by atoms with Gasteiger partial charge in [-0.05, 0) is 38.2 Å². The summed E-state index contributed by atoms with van der Waals surface area (Å²) in [6.45, 7) is 2.15. The standard InChI is InChI=1S/C12H14ClN3/c1-16-5-4-10(8-16)15-12-3-2-9(7-14)6-11(12)13/h2-3,6,10,15H,4-5,8H2,1H3. The van der Waals surface area contributed by atoms with Crippen LogP contribution in [0.25, 0.3) is 0 Å². The van der Waals surface area contributed by atoms with Crippen LogP contribution in [-0.4, -0.2) is 31.1 Å². The molecule has 1 heterocycles. The van der Waals surface area contributed by atoms with Crippen LogP contribution in [0.2, 0.25) is 5.02 Å². The maximum absolute atomic E-state index is 8.74. The zero-order chi connectivity index (χ0) is 11.5. The largest absolute Gasteiger partial charge is 0.380 e. The highest BCUT2D eigenvalue weighted by Gasteiger charge is 2.19. The molecule has 0 spiro atoms. The summed E-state index contributed by atoms with van der Waals surface area (Å²) in [6.07, 6.45) is 1.13. The summed E-state index contributed by atoms with van der Waals surface area (Å²) in [5, 5.41) is 12.8. The number of anilines is 1. The Morgan fingerprint density at radius 1 is 1.56 bits per heavy atom. The van der Waals surface area contributed by atoms with Crippen LogP contribution >= 0.6 is 11.6 Å². The van der Waals surface area contributed by atoms with Crippen molar-refractivity contribution < 1.29 is 0 Å². The molecule has 1 fully saturated rings. The summed E-state index contributed by atoms with van der Waals surface area (Å²) < 4.78 is 0. The van der Waals surface area contributed by atoms with Gasteiger partial charge in [0.05, 0.1) is 22.3 Å². The van der Waals surface area contributed by atoms with Crippen LogP contribution in [0.5, 0.6) is 0 Å². The zero-order valence-electron chi connectivity index (χ0n) is 9.20. The molecule has 1 N–H and O–H groups in total. The number of hydrogen-bond donors (Lipinski definition) is 1. The van der Waals surface area contributed by atoms with Crippen LogP contribution in [0.4, 0.5) is 5.69 Å². The van der Waals surface area contributed by atoms with Crippen molar-refractivity contribution in [2.24, 2.45) is 0 Å². The molecule has 1 atom stereocenters. The first-order chi connectivity index (χ1) is 7.69. The van der Waals surface area contributed by atoms with Crippen molar-refractivity contribution in [2.75, 3.05) is 25.5 Å². The fourth-order valence-corrected chi connectivity index (χ4v) is 2.21. The minimum atomic E-state index is 0.454. The third kappa shape index (κ3) is 2.46. The molecule has 0 aliphatic carbocycles. The summed E-state index contributed by atoms with van der Waals surface area (Å²) in [6, 6.07) is 7.89. The Labute approximate surface area is 101 Å². The first kappa shape index (κ1) is 11.3. The van der Waals surface area contributed by atoms with Gasteiger partial charge in [-0.25, -0.2) is 0 Å². The Kier molecular flexibility index (Phi) is 3.33. The molecule has 1 aliphatic rings. The Morgan fingerprint density at radius 2 is 2.38 bits per heavy atom. The van der Waals surface area contributed by atoms with Crippen LogP contribution in [0.15, 0.2) is 18.2 Å². The van der Waals surface area contributed by atoms with Crippen molar-refractivity contribution in [1.82, 2.24) is 4.90 Å². The third-order valence-corrected chi connectivity index (χ3v) is 3.16. The lowest BCUT2D eigenvalue weighted by molar-refractivity contribution is 0.414. The van der Waals surface area contributed by atoms with Gasteiger partial charge in [0.1, 0.15) is 0 Å². The number of nitriles is 1. The molecule has 2 rings (SSSR count). The fraction of sp³-hybridized carbons (Fsp3) is 0.417. The number of halogens is 1. The lowest BCUT2D eigenvalue weighted by Crippen LogP contribution is -2.23. The maximum atomic E-state index is 8.74. The summed E-state index contributed by atoms with van der Waals surface area (Å²) in [5.74, 6) is 0. The normalized spacial score (nSPS) is 20.7. The predicted octanol–water partition coefficient (Wildman–Crippen LogP) is 2.33. The van der Waals surface area contributed by atoms with Crippen molar-refractivity contribution in [3.05, 3.63) is 28.8 Å². The van der Waals surface area contributed by atoms with Gasteiger partial charge < -0.3 is 10.2 Å². The number of benzene rings is 1. The summed E-state index contributed by atoms with van der Waals surface area (Å²) >= 11 is 6.10. The molecule has 1 aliphatic heterocycles. The van der Waals surface area contributed by atoms with E-state index < -0.39 is 0 Å². The Hall–Kier alpha value is -1.24. The molecular weight excluding hydrogens is 222 g/mol. The number of hydrogen-bond acceptors (Lipinski definition) is 3. The number of likely N-dealkylation sites (N-methyl/N-ethyl adjacent to an activating group) is 1. The van der Waals surface area contributed by atoms with E-state index in [1.54, 1.807) is 12.1 Å². The first-order valence-electron chi connectivity index (χ1n) is 5.34. The van der Waals surface area contributed by atoms with E-state index in [4.69, 9.17) is 16.9 Å². The Balaban J connectivity index is 2.08. The second-order valence-electron chi connectivity index (χ2n) is 4.20. The van der Waals surface area contributed by atoms with E-state index in [9.17, 15) is 0 Å². The molecule has 1 aromatic rings. The number of nitrogens with one attached hydrogen (secondary N) is 1. The minimum absolute atomic E-state index is 0.454. The van der Waals surface area contributed by atoms with Crippen LogP contribution in [0.3, 0.4) is 0 Å². The lowest BCUT2D eigenvalue weighted by atomic mass is 10.2. The molecule has 84 valence electrons. The molecule has 0 aromatic heterocycles. The average Bonchev–Trinajstić information content (AvgIpc) is 2.67. The van der Waals surface area contributed by atoms with Gasteiger partial charge in [-0.15, -0.1) is 0 Å². The zero-order valence-corrected chi connectivity index (χ0v) is 9.96. The molecule has 0 radical (unpaired) electrons. The van der Waals surface area contributed by atoms with Crippen LogP contribution in [-0.2, 0) is 0 Å². The summed E-state index contributed by atoms with van der Waals surface area (Å²) in [7, 11) is 2.11. The van der Waals surface area contributed by atoms with E-state index in [1.807, 2.05) is 6.07 Å². The van der Waals surface area contributed by atoms with E-state index in [2.05, 4.69) is 23.3 Å². The molecule has 3 nitrogen and oxygen atoms in total. The minimum Gasteiger partial charge on any atom is -0.380 e. The molecule has 0 saturated carbocycles. The topological polar surface area (TPSA) is 39.1 Å². The van der Waals surface area contributed by atoms with E-state index in [0.717, 1.165) is 25.2 Å². The Morgan fingerprint density at radius 3 is 2.94 bits per heavy atom. The maximum Gasteiger partial charge on any atom is 0.0992 e. The van der Waals surface area contributed by atoms with Crippen LogP contribution in [0, 0.1) is 11.3 Å². The van der Waals surface area contributed by atoms with Gasteiger partial charge in [-0.2, -0.15) is 5.26 Å². The van der Waals surface area contributed by atoms with Crippen molar-refractivity contribution in [3.8, 4) is 6.07 Å². The summed E-state index contributed by atoms with van der Waals surface area (Å²) in [5.41, 5.74) is 1.51. The van der Waals surface area contributed by atoms with Gasteiger partial charge in [0.15, 0.2) is 0 Å². The molecule has 0 bridgehead atoms. The smallest absolute Gasteiger partial charge is 0.0992 e. The number of likely N-dealkylation sites (tertiary alicyclic amines) is 1. The monoisotopic (exact) mass is 235 g/mol. The molecule has 1 unspecified atom stereocenters. The molecule has 4 heteroatoms. The molecule has 1 saturated heterocycles. The van der Waals surface area contributed by atoms with Crippen LogP contribution in [0.1, 0.15) is 12.0 Å². The quantitative estimate of drug-likeness (QED) is 0.855. The van der Waals surface area contributed by atoms with Gasteiger partial charge in [-0.3, -0.25) is 0 Å². The van der Waals surface area contributed by atoms with E-state index >= 15 is 0 Å². The Bertz CT molecular complexity index is 425. The first-order valence-corrected chi connectivity index (χ1v) is 5.71. The van der Waals surface area contributed by atoms with Gasteiger partial charge in [0, 0.05) is 12.6 Å². The van der Waals surface area contributed by atoms with Crippen LogP contribution < -0.4 is 5.32 Å². The molecular formula is C12H14ClN3. The predicted molar refractivity (Wildman–Crippen MR) is 65.7 cm³/mol. The van der Waals surface area contributed by atoms with E-state index in [-0.39, 0.29) is 0 Å². The molecule has 16 heavy (non-hydrogen) atoms. The van der Waals surface area contributed by atoms with E-state index in [0.29, 0.717) is 16.6 Å². The lowest BCUT2D eigenvalue weighted by Gasteiger charge is -2.15. The van der Waals surface area contributed by atoms with E-state index in [1.165, 1.54) is 0 Å². The van der Waals surface area contributed by atoms with Gasteiger partial charge >= 0.3 is 0 Å². The third-order valence-electron chi connectivity index (χ3n) is 2.85. The van der Waals surface area contributed by atoms with Gasteiger partial charge in [0.2, 0.25) is 0 Å². The highest BCUT2D eigenvalue weighted by atomic mass is 35.5. The molecule has 1 aromatic carbocycles. The highest BCUT2D eigenvalue weighted by Crippen LogP contribution is 2.25. The highest BCUT2D eigenvalue weighted by molar-refractivity contribution is 6.33. The average molecular weight is 236 g/mol. The molecule has 0 amide bonds. The van der Waals surface area contributed by atoms with Crippen molar-refractivity contribution in [1.29, 1.82) is 5.26 Å². The second-order valence-corrected chi connectivity index (χ2v) is 4.61. The van der Waals surface area contributed by atoms with Crippen molar-refractivity contribution >= 4 is 17.3 Å². The summed E-state index contributed by atoms with van der Waals surface area (Å²) in [4.78, 5) is 2.29. The number of nitrogens with zero attached hydrogens (tertiary/aromatic N) is 2. The van der Waals surface area contributed by atoms with Crippen molar-refractivity contribution in [3.63, 3.8) is 0 Å². The van der Waals surface area contributed by atoms with Gasteiger partial charge in [0.25, 0.3) is 0 Å². The van der Waals surface area contributed by atoms with Crippen molar-refractivity contribution in [2.45, 2.75) is 12.5 Å². The number of rotatable bonds is 2. The fourth-order valence-electron chi connectivity index (χ4n) is 1.97. The van der Waals surface area contributed by atoms with Gasteiger partial charge in [-0.1, -0.05) is 11.6 Å². The second kappa shape index (κ2) is 4.73.